The van der Waals surface area contributed by atoms with Crippen molar-refractivity contribution >= 4 is 11.9 Å². The summed E-state index contributed by atoms with van der Waals surface area (Å²) < 4.78 is 52.4. The van der Waals surface area contributed by atoms with E-state index in [4.69, 9.17) is 0 Å². The second-order valence-corrected chi connectivity index (χ2v) is 5.21. The average Bonchev–Trinajstić information content (AvgIpc) is 2.47. The summed E-state index contributed by atoms with van der Waals surface area (Å²) in [6, 6.07) is 0.439. The van der Waals surface area contributed by atoms with Crippen molar-refractivity contribution in [3.8, 4) is 0 Å². The highest BCUT2D eigenvalue weighted by atomic mass is 19.4. The van der Waals surface area contributed by atoms with Gasteiger partial charge in [-0.3, -0.25) is 4.79 Å². The van der Waals surface area contributed by atoms with Crippen molar-refractivity contribution < 1.29 is 27.2 Å². The number of rotatable bonds is 2. The van der Waals surface area contributed by atoms with E-state index in [0.717, 1.165) is 29.2 Å². The normalized spacial score (nSPS) is 17.2. The molecule has 1 saturated heterocycles. The molecule has 1 aliphatic heterocycles. The third kappa shape index (κ3) is 4.11. The molecule has 0 saturated carbocycles. The number of benzene rings is 1. The second-order valence-electron chi connectivity index (χ2n) is 5.21. The summed E-state index contributed by atoms with van der Waals surface area (Å²) in [6.07, 6.45) is -4.75. The first-order chi connectivity index (χ1) is 10.7. The van der Waals surface area contributed by atoms with Gasteiger partial charge in [0.2, 0.25) is 5.91 Å². The second kappa shape index (κ2) is 6.43. The predicted molar refractivity (Wildman–Crippen MR) is 72.9 cm³/mol. The van der Waals surface area contributed by atoms with Gasteiger partial charge in [0.15, 0.2) is 6.04 Å². The van der Waals surface area contributed by atoms with Gasteiger partial charge in [0.1, 0.15) is 12.4 Å². The predicted octanol–water partition coefficient (Wildman–Crippen LogP) is 1.91. The Kier molecular flexibility index (Phi) is 4.76. The molecule has 1 atom stereocenters. The smallest absolute Gasteiger partial charge is 0.342 e. The molecule has 3 amide bonds. The van der Waals surface area contributed by atoms with Gasteiger partial charge in [-0.25, -0.2) is 9.18 Å². The van der Waals surface area contributed by atoms with Gasteiger partial charge >= 0.3 is 12.2 Å². The number of halogens is 4. The van der Waals surface area contributed by atoms with Gasteiger partial charge in [0.05, 0.1) is 0 Å². The lowest BCUT2D eigenvalue weighted by Gasteiger charge is -2.33. The zero-order valence-corrected chi connectivity index (χ0v) is 12.2. The van der Waals surface area contributed by atoms with Crippen LogP contribution in [-0.2, 0) is 4.79 Å². The van der Waals surface area contributed by atoms with Crippen molar-refractivity contribution in [2.75, 3.05) is 26.7 Å². The van der Waals surface area contributed by atoms with E-state index < -0.39 is 24.1 Å². The van der Waals surface area contributed by atoms with E-state index in [9.17, 15) is 27.2 Å². The van der Waals surface area contributed by atoms with Crippen LogP contribution in [0.5, 0.6) is 0 Å². The van der Waals surface area contributed by atoms with Crippen molar-refractivity contribution in [1.29, 1.82) is 0 Å². The number of hydrogen-bond acceptors (Lipinski definition) is 2. The van der Waals surface area contributed by atoms with Crippen LogP contribution in [0, 0.1) is 5.82 Å². The van der Waals surface area contributed by atoms with Gasteiger partial charge in [-0.1, -0.05) is 12.1 Å². The highest BCUT2D eigenvalue weighted by Crippen LogP contribution is 2.32. The molecule has 0 aliphatic carbocycles. The van der Waals surface area contributed by atoms with Crippen molar-refractivity contribution in [3.63, 3.8) is 0 Å². The number of nitrogens with zero attached hydrogens (tertiary/aromatic N) is 2. The zero-order chi connectivity index (χ0) is 17.2. The van der Waals surface area contributed by atoms with Gasteiger partial charge in [-0.15, -0.1) is 0 Å². The fraction of sp³-hybridized carbons (Fsp3) is 0.429. The molecule has 0 radical (unpaired) electrons. The largest absolute Gasteiger partial charge is 0.412 e. The average molecular weight is 333 g/mol. The zero-order valence-electron chi connectivity index (χ0n) is 12.2. The number of amides is 3. The van der Waals surface area contributed by atoms with Crippen LogP contribution < -0.4 is 5.32 Å². The van der Waals surface area contributed by atoms with Gasteiger partial charge in [-0.2, -0.15) is 13.2 Å². The van der Waals surface area contributed by atoms with Gasteiger partial charge in [0.25, 0.3) is 0 Å². The first-order valence-corrected chi connectivity index (χ1v) is 6.80. The molecule has 1 heterocycles. The lowest BCUT2D eigenvalue weighted by Crippen LogP contribution is -2.54. The molecule has 0 unspecified atom stereocenters. The van der Waals surface area contributed by atoms with E-state index in [-0.39, 0.29) is 31.1 Å². The quantitative estimate of drug-likeness (QED) is 0.841. The standard InChI is InChI=1S/C14H15F4N3O2/c1-20-6-7-21(8-11(20)22)13(23)19-12(14(16,17)18)9-2-4-10(15)5-3-9/h2-5,12H,6-8H2,1H3,(H,19,23)/t12-/m0/s1. The molecule has 1 N–H and O–H groups in total. The Morgan fingerprint density at radius 1 is 1.22 bits per heavy atom. The van der Waals surface area contributed by atoms with Crippen LogP contribution in [-0.4, -0.2) is 54.6 Å². The molecule has 1 aromatic rings. The Morgan fingerprint density at radius 3 is 2.35 bits per heavy atom. The lowest BCUT2D eigenvalue weighted by molar-refractivity contribution is -0.155. The molecular weight excluding hydrogens is 318 g/mol. The van der Waals surface area contributed by atoms with E-state index in [0.29, 0.717) is 0 Å². The van der Waals surface area contributed by atoms with Crippen molar-refractivity contribution in [2.45, 2.75) is 12.2 Å². The molecule has 1 aromatic carbocycles. The van der Waals surface area contributed by atoms with Crippen molar-refractivity contribution in [1.82, 2.24) is 15.1 Å². The Morgan fingerprint density at radius 2 is 1.83 bits per heavy atom. The first kappa shape index (κ1) is 17.0. The summed E-state index contributed by atoms with van der Waals surface area (Å²) in [5, 5.41) is 1.87. The maximum Gasteiger partial charge on any atom is 0.412 e. The molecule has 0 spiro atoms. The van der Waals surface area contributed by atoms with E-state index in [2.05, 4.69) is 0 Å². The highest BCUT2D eigenvalue weighted by Gasteiger charge is 2.43. The van der Waals surface area contributed by atoms with E-state index >= 15 is 0 Å². The molecule has 1 fully saturated rings. The number of piperazine rings is 1. The van der Waals surface area contributed by atoms with E-state index in [1.165, 1.54) is 4.90 Å². The lowest BCUT2D eigenvalue weighted by atomic mass is 10.1. The van der Waals surface area contributed by atoms with Crippen LogP contribution in [0.25, 0.3) is 0 Å². The Hall–Kier alpha value is -2.32. The molecule has 126 valence electrons. The SMILES string of the molecule is CN1CCN(C(=O)N[C@@H](c2ccc(F)cc2)C(F)(F)F)CC1=O. The molecule has 2 rings (SSSR count). The summed E-state index contributed by atoms with van der Waals surface area (Å²) in [5.74, 6) is -1.03. The highest BCUT2D eigenvalue weighted by molar-refractivity contribution is 5.85. The monoisotopic (exact) mass is 333 g/mol. The molecule has 9 heteroatoms. The van der Waals surface area contributed by atoms with Crippen LogP contribution in [0.15, 0.2) is 24.3 Å². The number of alkyl halides is 3. The van der Waals surface area contributed by atoms with Gasteiger partial charge in [0, 0.05) is 20.1 Å². The minimum atomic E-state index is -4.75. The van der Waals surface area contributed by atoms with Gasteiger partial charge < -0.3 is 15.1 Å². The maximum absolute atomic E-state index is 13.2. The molecule has 0 aromatic heterocycles. The van der Waals surface area contributed by atoms with Crippen LogP contribution in [0.1, 0.15) is 11.6 Å². The summed E-state index contributed by atoms with van der Waals surface area (Å²) >= 11 is 0. The number of urea groups is 1. The first-order valence-electron chi connectivity index (χ1n) is 6.80. The summed E-state index contributed by atoms with van der Waals surface area (Å²) in [6.45, 7) is 0.109. The molecule has 0 bridgehead atoms. The Bertz CT molecular complexity index is 589. The summed E-state index contributed by atoms with van der Waals surface area (Å²) in [5.41, 5.74) is -0.285. The summed E-state index contributed by atoms with van der Waals surface area (Å²) in [4.78, 5) is 26.0. The van der Waals surface area contributed by atoms with Crippen molar-refractivity contribution in [2.24, 2.45) is 0 Å². The number of nitrogens with one attached hydrogen (secondary N) is 1. The number of carbonyl (C=O) groups is 2. The fourth-order valence-electron chi connectivity index (χ4n) is 2.16. The molecule has 1 aliphatic rings. The third-order valence-electron chi connectivity index (χ3n) is 3.54. The maximum atomic E-state index is 13.2. The van der Waals surface area contributed by atoms with Gasteiger partial charge in [-0.05, 0) is 17.7 Å². The van der Waals surface area contributed by atoms with Crippen LogP contribution >= 0.6 is 0 Å². The van der Waals surface area contributed by atoms with Crippen LogP contribution in [0.3, 0.4) is 0 Å². The Labute approximate surface area is 129 Å². The van der Waals surface area contributed by atoms with Crippen molar-refractivity contribution in [3.05, 3.63) is 35.6 Å². The number of hydrogen-bond donors (Lipinski definition) is 1. The molecular formula is C14H15F4N3O2. The van der Waals surface area contributed by atoms with Crippen LogP contribution in [0.4, 0.5) is 22.4 Å². The number of carbonyl (C=O) groups excluding carboxylic acids is 2. The minimum absolute atomic E-state index is 0.141. The topological polar surface area (TPSA) is 52.6 Å². The Balaban J connectivity index is 2.13. The summed E-state index contributed by atoms with van der Waals surface area (Å²) in [7, 11) is 1.55. The number of likely N-dealkylation sites (N-methyl/N-ethyl adjacent to an activating group) is 1. The van der Waals surface area contributed by atoms with E-state index in [1.54, 1.807) is 7.05 Å². The molecule has 5 nitrogen and oxygen atoms in total. The fourth-order valence-corrected chi connectivity index (χ4v) is 2.16. The third-order valence-corrected chi connectivity index (χ3v) is 3.54. The van der Waals surface area contributed by atoms with E-state index in [1.807, 2.05) is 5.32 Å². The molecule has 23 heavy (non-hydrogen) atoms. The minimum Gasteiger partial charge on any atom is -0.342 e. The van der Waals surface area contributed by atoms with Crippen LogP contribution in [0.2, 0.25) is 0 Å².